The summed E-state index contributed by atoms with van der Waals surface area (Å²) in [6.45, 7) is 0. The van der Waals surface area contributed by atoms with Gasteiger partial charge in [-0.05, 0) is 25.7 Å². The molecular formula is C7H10O2. The molecule has 0 N–H and O–H groups in total. The highest BCUT2D eigenvalue weighted by molar-refractivity contribution is 5.75. The third kappa shape index (κ3) is 1.23. The van der Waals surface area contributed by atoms with Crippen LogP contribution in [0.2, 0.25) is 0 Å². The van der Waals surface area contributed by atoms with E-state index in [1.54, 1.807) is 0 Å². The summed E-state index contributed by atoms with van der Waals surface area (Å²) in [6.07, 6.45) is 4.62. The maximum atomic E-state index is 10.8. The number of hydrogen-bond donors (Lipinski definition) is 0. The Labute approximate surface area is 54.2 Å². The summed E-state index contributed by atoms with van der Waals surface area (Å²) in [5.41, 5.74) is 0. The second-order valence-electron chi connectivity index (χ2n) is 2.91. The van der Waals surface area contributed by atoms with E-state index in [2.05, 4.69) is 0 Å². The Balaban J connectivity index is 1.75. The summed E-state index contributed by atoms with van der Waals surface area (Å²) in [5.74, 6) is 0.336. The topological polar surface area (TPSA) is 26.3 Å². The van der Waals surface area contributed by atoms with E-state index in [0.717, 1.165) is 25.7 Å². The summed E-state index contributed by atoms with van der Waals surface area (Å²) in [6, 6.07) is 0. The number of ether oxygens (including phenoxy) is 1. The Bertz CT molecular complexity index is 134. The Morgan fingerprint density at radius 1 is 1.22 bits per heavy atom. The highest BCUT2D eigenvalue weighted by atomic mass is 16.5. The summed E-state index contributed by atoms with van der Waals surface area (Å²) in [7, 11) is 0. The smallest absolute Gasteiger partial charge is 0.309 e. The van der Waals surface area contributed by atoms with Gasteiger partial charge < -0.3 is 4.74 Å². The molecule has 2 heteroatoms. The van der Waals surface area contributed by atoms with Gasteiger partial charge in [0.05, 0.1) is 5.92 Å². The third-order valence-electron chi connectivity index (χ3n) is 1.72. The number of carbonyl (C=O) groups excluding carboxylic acids is 1. The van der Waals surface area contributed by atoms with E-state index >= 15 is 0 Å². The van der Waals surface area contributed by atoms with Gasteiger partial charge in [0.1, 0.15) is 6.10 Å². The fourth-order valence-corrected chi connectivity index (χ4v) is 0.765. The molecule has 0 atom stereocenters. The molecule has 0 aromatic carbocycles. The number of esters is 1. The van der Waals surface area contributed by atoms with Crippen molar-refractivity contribution in [2.24, 2.45) is 5.92 Å². The van der Waals surface area contributed by atoms with E-state index in [0.29, 0.717) is 6.10 Å². The maximum absolute atomic E-state index is 10.8. The second kappa shape index (κ2) is 1.72. The van der Waals surface area contributed by atoms with E-state index in [4.69, 9.17) is 4.74 Å². The third-order valence-corrected chi connectivity index (χ3v) is 1.72. The minimum absolute atomic E-state index is 0.0532. The molecular weight excluding hydrogens is 116 g/mol. The first-order valence-electron chi connectivity index (χ1n) is 3.57. The fraction of sp³-hybridized carbons (Fsp3) is 0.857. The monoisotopic (exact) mass is 126 g/mol. The van der Waals surface area contributed by atoms with Crippen LogP contribution in [-0.4, -0.2) is 12.1 Å². The Morgan fingerprint density at radius 2 is 1.89 bits per heavy atom. The van der Waals surface area contributed by atoms with Gasteiger partial charge in [0.15, 0.2) is 0 Å². The van der Waals surface area contributed by atoms with Gasteiger partial charge in [-0.3, -0.25) is 4.79 Å². The van der Waals surface area contributed by atoms with Crippen molar-refractivity contribution in [3.8, 4) is 0 Å². The molecule has 2 fully saturated rings. The SMILES string of the molecule is O=C(OC1CC1)C1CC1. The van der Waals surface area contributed by atoms with E-state index in [1.807, 2.05) is 0 Å². The van der Waals surface area contributed by atoms with Crippen LogP contribution in [0.1, 0.15) is 25.7 Å². The molecule has 2 nitrogen and oxygen atoms in total. The molecule has 0 aromatic rings. The van der Waals surface area contributed by atoms with Gasteiger partial charge in [0, 0.05) is 0 Å². The van der Waals surface area contributed by atoms with Crippen LogP contribution in [0, 0.1) is 5.92 Å². The predicted molar refractivity (Wildman–Crippen MR) is 31.8 cm³/mol. The first-order valence-corrected chi connectivity index (χ1v) is 3.57. The van der Waals surface area contributed by atoms with Gasteiger partial charge in [-0.2, -0.15) is 0 Å². The minimum Gasteiger partial charge on any atom is -0.462 e. The average Bonchev–Trinajstić information content (AvgIpc) is 2.62. The van der Waals surface area contributed by atoms with E-state index in [9.17, 15) is 4.79 Å². The van der Waals surface area contributed by atoms with Crippen LogP contribution in [0.5, 0.6) is 0 Å². The van der Waals surface area contributed by atoms with Crippen molar-refractivity contribution in [3.05, 3.63) is 0 Å². The van der Waals surface area contributed by atoms with Gasteiger partial charge >= 0.3 is 5.97 Å². The van der Waals surface area contributed by atoms with Crippen molar-refractivity contribution < 1.29 is 9.53 Å². The van der Waals surface area contributed by atoms with Gasteiger partial charge in [-0.25, -0.2) is 0 Å². The van der Waals surface area contributed by atoms with Crippen LogP contribution >= 0.6 is 0 Å². The Kier molecular flexibility index (Phi) is 1.01. The Morgan fingerprint density at radius 3 is 2.33 bits per heavy atom. The van der Waals surface area contributed by atoms with Crippen LogP contribution in [0.15, 0.2) is 0 Å². The van der Waals surface area contributed by atoms with Gasteiger partial charge in [-0.1, -0.05) is 0 Å². The van der Waals surface area contributed by atoms with Crippen molar-refractivity contribution in [1.82, 2.24) is 0 Å². The summed E-state index contributed by atoms with van der Waals surface area (Å²) >= 11 is 0. The molecule has 0 saturated heterocycles. The summed E-state index contributed by atoms with van der Waals surface area (Å²) in [5, 5.41) is 0. The number of hydrogen-bond acceptors (Lipinski definition) is 2. The highest BCUT2D eigenvalue weighted by Gasteiger charge is 2.35. The van der Waals surface area contributed by atoms with Crippen molar-refractivity contribution in [2.75, 3.05) is 0 Å². The van der Waals surface area contributed by atoms with Gasteiger partial charge in [0.2, 0.25) is 0 Å². The predicted octanol–water partition coefficient (Wildman–Crippen LogP) is 1.10. The van der Waals surface area contributed by atoms with Crippen molar-refractivity contribution in [3.63, 3.8) is 0 Å². The van der Waals surface area contributed by atoms with Gasteiger partial charge in [0.25, 0.3) is 0 Å². The van der Waals surface area contributed by atoms with Crippen LogP contribution in [0.3, 0.4) is 0 Å². The van der Waals surface area contributed by atoms with Crippen molar-refractivity contribution in [2.45, 2.75) is 31.8 Å². The molecule has 0 spiro atoms. The van der Waals surface area contributed by atoms with Crippen molar-refractivity contribution in [1.29, 1.82) is 0 Å². The zero-order valence-corrected chi connectivity index (χ0v) is 5.30. The zero-order chi connectivity index (χ0) is 6.27. The molecule has 0 heterocycles. The number of carbonyl (C=O) groups is 1. The molecule has 0 bridgehead atoms. The largest absolute Gasteiger partial charge is 0.462 e. The Hall–Kier alpha value is -0.530. The standard InChI is InChI=1S/C7H10O2/c8-7(5-1-2-5)9-6-3-4-6/h5-6H,1-4H2. The van der Waals surface area contributed by atoms with Crippen LogP contribution in [0.25, 0.3) is 0 Å². The second-order valence-corrected chi connectivity index (χ2v) is 2.91. The molecule has 2 aliphatic rings. The lowest BCUT2D eigenvalue weighted by atomic mass is 10.4. The van der Waals surface area contributed by atoms with E-state index < -0.39 is 0 Å². The average molecular weight is 126 g/mol. The highest BCUT2D eigenvalue weighted by Crippen LogP contribution is 2.33. The normalized spacial score (nSPS) is 25.8. The minimum atomic E-state index is 0.0532. The van der Waals surface area contributed by atoms with E-state index in [1.165, 1.54) is 0 Å². The molecule has 0 aliphatic heterocycles. The number of rotatable bonds is 2. The molecule has 0 radical (unpaired) electrons. The zero-order valence-electron chi connectivity index (χ0n) is 5.30. The molecule has 50 valence electrons. The lowest BCUT2D eigenvalue weighted by Gasteiger charge is -1.97. The molecule has 0 amide bonds. The van der Waals surface area contributed by atoms with E-state index in [-0.39, 0.29) is 11.9 Å². The molecule has 0 unspecified atom stereocenters. The van der Waals surface area contributed by atoms with Crippen LogP contribution in [-0.2, 0) is 9.53 Å². The lowest BCUT2D eigenvalue weighted by molar-refractivity contribution is -0.146. The van der Waals surface area contributed by atoms with Gasteiger partial charge in [-0.15, -0.1) is 0 Å². The quantitative estimate of drug-likeness (QED) is 0.518. The fourth-order valence-electron chi connectivity index (χ4n) is 0.765. The summed E-state index contributed by atoms with van der Waals surface area (Å²) in [4.78, 5) is 10.8. The molecule has 0 aromatic heterocycles. The lowest BCUT2D eigenvalue weighted by Crippen LogP contribution is -2.07. The molecule has 2 rings (SSSR count). The maximum Gasteiger partial charge on any atom is 0.309 e. The first-order chi connectivity index (χ1) is 4.36. The van der Waals surface area contributed by atoms with Crippen LogP contribution < -0.4 is 0 Å². The molecule has 9 heavy (non-hydrogen) atoms. The molecule has 2 aliphatic carbocycles. The summed E-state index contributed by atoms with van der Waals surface area (Å²) < 4.78 is 5.05. The van der Waals surface area contributed by atoms with Crippen molar-refractivity contribution >= 4 is 5.97 Å². The van der Waals surface area contributed by atoms with Crippen LogP contribution in [0.4, 0.5) is 0 Å². The molecule has 2 saturated carbocycles. The first kappa shape index (κ1) is 5.27.